The van der Waals surface area contributed by atoms with E-state index in [1.165, 1.54) is 42.1 Å². The standard InChI is InChI=1S/C23H21F3N4O5S3/c1-11-8-13(30-20(31)19(29)35-22(32)23(24,25)26)6-7-15(11)12-4-3-5-14(9-12)38(33,34)17-10-16(18(27)28)37-21(17)36-2/h3-10,19H,29H2,1-2H3,(H3,27,28)(H,30,31). The largest absolute Gasteiger partial charge is 0.490 e. The molecular formula is C23H21F3N4O5S3. The van der Waals surface area contributed by atoms with E-state index in [9.17, 15) is 31.2 Å². The van der Waals surface area contributed by atoms with Gasteiger partial charge in [0.05, 0.1) is 18.9 Å². The summed E-state index contributed by atoms with van der Waals surface area (Å²) in [5, 5.41) is 9.89. The molecule has 0 saturated heterocycles. The first-order valence-corrected chi connectivity index (χ1v) is 14.0. The third-order valence-electron chi connectivity index (χ3n) is 5.08. The molecule has 9 nitrogen and oxygen atoms in total. The molecule has 0 saturated carbocycles. The Labute approximate surface area is 223 Å². The van der Waals surface area contributed by atoms with E-state index in [1.54, 1.807) is 31.4 Å². The number of nitrogens with two attached hydrogens (primary N) is 2. The number of amidine groups is 1. The second kappa shape index (κ2) is 11.1. The van der Waals surface area contributed by atoms with Gasteiger partial charge in [-0.05, 0) is 60.2 Å². The maximum atomic E-state index is 13.4. The molecule has 2 aromatic carbocycles. The minimum atomic E-state index is -5.30. The van der Waals surface area contributed by atoms with E-state index in [-0.39, 0.29) is 21.3 Å². The summed E-state index contributed by atoms with van der Waals surface area (Å²) >= 11 is 2.34. The van der Waals surface area contributed by atoms with E-state index in [0.29, 0.717) is 25.8 Å². The van der Waals surface area contributed by atoms with Gasteiger partial charge in [0.15, 0.2) is 0 Å². The Balaban J connectivity index is 1.86. The summed E-state index contributed by atoms with van der Waals surface area (Å²) in [7, 11) is -3.95. The van der Waals surface area contributed by atoms with Gasteiger partial charge < -0.3 is 15.8 Å². The number of carbonyl (C=O) groups excluding carboxylic acids is 2. The summed E-state index contributed by atoms with van der Waals surface area (Å²) in [5.41, 5.74) is 12.7. The summed E-state index contributed by atoms with van der Waals surface area (Å²) < 4.78 is 68.2. The fraction of sp³-hybridized carbons (Fsp3) is 0.174. The number of nitrogen functional groups attached to an aromatic ring is 1. The fourth-order valence-corrected chi connectivity index (χ4v) is 7.19. The zero-order valence-corrected chi connectivity index (χ0v) is 22.2. The number of anilines is 1. The van der Waals surface area contributed by atoms with Gasteiger partial charge >= 0.3 is 12.1 Å². The number of nitrogens with one attached hydrogen (secondary N) is 2. The van der Waals surface area contributed by atoms with Crippen LogP contribution >= 0.6 is 23.1 Å². The van der Waals surface area contributed by atoms with E-state index < -0.39 is 34.1 Å². The Bertz CT molecular complexity index is 1520. The van der Waals surface area contributed by atoms with Crippen molar-refractivity contribution in [2.45, 2.75) is 33.3 Å². The predicted octanol–water partition coefficient (Wildman–Crippen LogP) is 3.89. The number of thioether (sulfide) groups is 1. The lowest BCUT2D eigenvalue weighted by Gasteiger charge is -2.15. The SMILES string of the molecule is CSc1sc(C(=N)N)cc1S(=O)(=O)c1cccc(-c2ccc(NC(=O)C(N)OC(=O)C(F)(F)F)cc2C)c1. The van der Waals surface area contributed by atoms with E-state index in [4.69, 9.17) is 16.9 Å². The van der Waals surface area contributed by atoms with Gasteiger partial charge in [-0.2, -0.15) is 13.2 Å². The van der Waals surface area contributed by atoms with Gasteiger partial charge in [0.2, 0.25) is 16.1 Å². The van der Waals surface area contributed by atoms with Crippen LogP contribution in [0.3, 0.4) is 0 Å². The molecule has 0 fully saturated rings. The fourth-order valence-electron chi connectivity index (χ4n) is 3.29. The van der Waals surface area contributed by atoms with E-state index >= 15 is 0 Å². The summed E-state index contributed by atoms with van der Waals surface area (Å²) in [4.78, 5) is 23.3. The average Bonchev–Trinajstić information content (AvgIpc) is 3.29. The number of halogens is 3. The van der Waals surface area contributed by atoms with Crippen molar-refractivity contribution in [1.82, 2.24) is 0 Å². The second-order valence-electron chi connectivity index (χ2n) is 7.75. The summed E-state index contributed by atoms with van der Waals surface area (Å²) in [6, 6.07) is 12.1. The zero-order valence-electron chi connectivity index (χ0n) is 19.8. The van der Waals surface area contributed by atoms with Crippen LogP contribution in [0.4, 0.5) is 18.9 Å². The number of carbonyl (C=O) groups is 2. The molecule has 38 heavy (non-hydrogen) atoms. The highest BCUT2D eigenvalue weighted by molar-refractivity contribution is 8.01. The maximum Gasteiger partial charge on any atom is 0.490 e. The third-order valence-corrected chi connectivity index (χ3v) is 9.42. The highest BCUT2D eigenvalue weighted by atomic mass is 32.2. The lowest BCUT2D eigenvalue weighted by Crippen LogP contribution is -2.42. The minimum absolute atomic E-state index is 0.0208. The van der Waals surface area contributed by atoms with Crippen molar-refractivity contribution in [1.29, 1.82) is 5.41 Å². The van der Waals surface area contributed by atoms with Crippen LogP contribution in [0.1, 0.15) is 10.4 Å². The van der Waals surface area contributed by atoms with Crippen molar-refractivity contribution in [3.05, 3.63) is 59.0 Å². The van der Waals surface area contributed by atoms with Crippen molar-refractivity contribution in [2.24, 2.45) is 11.5 Å². The number of hydrogen-bond acceptors (Lipinski definition) is 9. The predicted molar refractivity (Wildman–Crippen MR) is 138 cm³/mol. The van der Waals surface area contributed by atoms with E-state index in [1.807, 2.05) is 0 Å². The molecule has 1 atom stereocenters. The topological polar surface area (TPSA) is 165 Å². The Morgan fingerprint density at radius 2 is 1.84 bits per heavy atom. The molecule has 3 aromatic rings. The van der Waals surface area contributed by atoms with Gasteiger partial charge in [0, 0.05) is 5.69 Å². The molecule has 6 N–H and O–H groups in total. The minimum Gasteiger partial charge on any atom is -0.430 e. The molecule has 0 aliphatic carbocycles. The molecule has 0 radical (unpaired) electrons. The van der Waals surface area contributed by atoms with Crippen molar-refractivity contribution in [3.8, 4) is 11.1 Å². The average molecular weight is 587 g/mol. The Kier molecular flexibility index (Phi) is 8.55. The van der Waals surface area contributed by atoms with Crippen LogP contribution in [0.25, 0.3) is 11.1 Å². The van der Waals surface area contributed by atoms with Crippen molar-refractivity contribution in [3.63, 3.8) is 0 Å². The number of rotatable bonds is 8. The van der Waals surface area contributed by atoms with Crippen LogP contribution < -0.4 is 16.8 Å². The van der Waals surface area contributed by atoms with Gasteiger partial charge in [0.25, 0.3) is 5.91 Å². The Hall–Kier alpha value is -3.40. The van der Waals surface area contributed by atoms with Crippen molar-refractivity contribution in [2.75, 3.05) is 11.6 Å². The van der Waals surface area contributed by atoms with E-state index in [2.05, 4.69) is 10.1 Å². The molecular weight excluding hydrogens is 565 g/mol. The molecule has 0 bridgehead atoms. The van der Waals surface area contributed by atoms with Crippen LogP contribution in [-0.4, -0.2) is 44.8 Å². The molecule has 0 spiro atoms. The maximum absolute atomic E-state index is 13.4. The van der Waals surface area contributed by atoms with Crippen LogP contribution in [0.5, 0.6) is 0 Å². The first kappa shape index (κ1) is 29.2. The monoisotopic (exact) mass is 586 g/mol. The van der Waals surface area contributed by atoms with Gasteiger partial charge in [-0.25, -0.2) is 13.2 Å². The molecule has 1 aromatic heterocycles. The molecule has 15 heteroatoms. The Morgan fingerprint density at radius 1 is 1.16 bits per heavy atom. The lowest BCUT2D eigenvalue weighted by atomic mass is 10.00. The van der Waals surface area contributed by atoms with Crippen molar-refractivity contribution < 1.29 is 35.9 Å². The van der Waals surface area contributed by atoms with Crippen LogP contribution in [-0.2, 0) is 24.2 Å². The summed E-state index contributed by atoms with van der Waals surface area (Å²) in [5.74, 6) is -4.00. The van der Waals surface area contributed by atoms with Crippen molar-refractivity contribution >= 4 is 56.3 Å². The number of aryl methyl sites for hydroxylation is 1. The first-order valence-electron chi connectivity index (χ1n) is 10.5. The second-order valence-corrected chi connectivity index (χ2v) is 11.8. The van der Waals surface area contributed by atoms with E-state index in [0.717, 1.165) is 11.3 Å². The zero-order chi connectivity index (χ0) is 28.4. The van der Waals surface area contributed by atoms with Gasteiger partial charge in [0.1, 0.15) is 5.84 Å². The lowest BCUT2D eigenvalue weighted by molar-refractivity contribution is -0.204. The molecule has 1 unspecified atom stereocenters. The van der Waals surface area contributed by atoms with Crippen LogP contribution in [0.15, 0.2) is 62.5 Å². The number of esters is 1. The highest BCUT2D eigenvalue weighted by Crippen LogP contribution is 2.38. The molecule has 1 amide bonds. The number of sulfone groups is 1. The molecule has 202 valence electrons. The number of hydrogen-bond donors (Lipinski definition) is 4. The third kappa shape index (κ3) is 6.35. The van der Waals surface area contributed by atoms with Crippen LogP contribution in [0, 0.1) is 12.3 Å². The number of amides is 1. The quantitative estimate of drug-likeness (QED) is 0.101. The summed E-state index contributed by atoms with van der Waals surface area (Å²) in [6.45, 7) is 1.68. The molecule has 0 aliphatic rings. The summed E-state index contributed by atoms with van der Waals surface area (Å²) in [6.07, 6.45) is -5.76. The Morgan fingerprint density at radius 3 is 2.42 bits per heavy atom. The highest BCUT2D eigenvalue weighted by Gasteiger charge is 2.42. The number of alkyl halides is 3. The number of ether oxygens (including phenoxy) is 1. The molecule has 1 heterocycles. The normalized spacial score (nSPS) is 12.6. The molecule has 0 aliphatic heterocycles. The molecule has 3 rings (SSSR count). The first-order chi connectivity index (χ1) is 17.6. The van der Waals surface area contributed by atoms with Gasteiger partial charge in [-0.15, -0.1) is 23.1 Å². The number of thiophene rings is 1. The number of benzene rings is 2. The van der Waals surface area contributed by atoms with Crippen LogP contribution in [0.2, 0.25) is 0 Å². The smallest absolute Gasteiger partial charge is 0.430 e. The van der Waals surface area contributed by atoms with Gasteiger partial charge in [-0.3, -0.25) is 15.9 Å². The van der Waals surface area contributed by atoms with Gasteiger partial charge in [-0.1, -0.05) is 18.2 Å².